The van der Waals surface area contributed by atoms with Crippen LogP contribution in [-0.2, 0) is 22.7 Å². The molecule has 3 aromatic carbocycles. The van der Waals surface area contributed by atoms with Gasteiger partial charge in [-0.3, -0.25) is 14.4 Å². The van der Waals surface area contributed by atoms with Crippen LogP contribution in [0.3, 0.4) is 0 Å². The van der Waals surface area contributed by atoms with Gasteiger partial charge in [0.05, 0.1) is 17.6 Å². The summed E-state index contributed by atoms with van der Waals surface area (Å²) in [5.74, 6) is 0.0380. The molecule has 0 aliphatic heterocycles. The van der Waals surface area contributed by atoms with Crippen molar-refractivity contribution in [2.45, 2.75) is 27.0 Å². The van der Waals surface area contributed by atoms with Crippen LogP contribution in [0.25, 0.3) is 21.8 Å². The Morgan fingerprint density at radius 3 is 2.12 bits per heavy atom. The Bertz CT molecular complexity index is 1330. The fourth-order valence-electron chi connectivity index (χ4n) is 3.79. The molecule has 0 aliphatic rings. The van der Waals surface area contributed by atoms with E-state index in [0.717, 1.165) is 0 Å². The first-order chi connectivity index (χ1) is 15.5. The number of nitrogens with zero attached hydrogens (tertiary/aromatic N) is 1. The first kappa shape index (κ1) is 21.3. The number of carbonyl (C=O) groups is 2. The van der Waals surface area contributed by atoms with E-state index in [1.165, 1.54) is 6.92 Å². The molecule has 32 heavy (non-hydrogen) atoms. The highest BCUT2D eigenvalue weighted by Gasteiger charge is 2.15. The van der Waals surface area contributed by atoms with E-state index in [9.17, 15) is 14.4 Å². The van der Waals surface area contributed by atoms with Crippen molar-refractivity contribution in [1.82, 2.24) is 4.57 Å². The van der Waals surface area contributed by atoms with E-state index < -0.39 is 5.97 Å². The number of hydrogen-bond acceptors (Lipinski definition) is 5. The molecule has 0 spiro atoms. The Labute approximate surface area is 185 Å². The number of ether oxygens (including phenoxy) is 2. The highest BCUT2D eigenvalue weighted by atomic mass is 16.5. The Hall–Kier alpha value is -3.93. The molecule has 0 saturated carbocycles. The van der Waals surface area contributed by atoms with Crippen LogP contribution in [0.2, 0.25) is 0 Å². The number of benzene rings is 3. The zero-order valence-corrected chi connectivity index (χ0v) is 18.0. The number of Topliss-reactive ketones (excluding diaryl/α,β-unsaturated/α-hetero) is 1. The summed E-state index contributed by atoms with van der Waals surface area (Å²) in [7, 11) is 0. The normalized spacial score (nSPS) is 10.9. The number of hydrogen-bond donors (Lipinski definition) is 0. The van der Waals surface area contributed by atoms with Gasteiger partial charge >= 0.3 is 5.97 Å². The average Bonchev–Trinajstić information content (AvgIpc) is 2.81. The van der Waals surface area contributed by atoms with Crippen molar-refractivity contribution >= 4 is 33.6 Å². The van der Waals surface area contributed by atoms with E-state index >= 15 is 0 Å². The zero-order valence-electron chi connectivity index (χ0n) is 18.0. The molecule has 4 rings (SSSR count). The van der Waals surface area contributed by atoms with Crippen LogP contribution in [0.1, 0.15) is 29.8 Å². The van der Waals surface area contributed by atoms with Gasteiger partial charge in [-0.25, -0.2) is 0 Å². The predicted molar refractivity (Wildman–Crippen MR) is 123 cm³/mol. The van der Waals surface area contributed by atoms with Crippen LogP contribution in [0.15, 0.2) is 71.5 Å². The Morgan fingerprint density at radius 2 is 1.53 bits per heavy atom. The Morgan fingerprint density at radius 1 is 0.906 bits per heavy atom. The van der Waals surface area contributed by atoms with E-state index in [1.807, 2.05) is 31.2 Å². The zero-order chi connectivity index (χ0) is 22.7. The minimum atomic E-state index is -0.459. The molecule has 1 heterocycles. The molecule has 4 aromatic rings. The summed E-state index contributed by atoms with van der Waals surface area (Å²) in [6.45, 7) is 3.72. The van der Waals surface area contributed by atoms with Gasteiger partial charge in [-0.1, -0.05) is 24.3 Å². The minimum Gasteiger partial charge on any atom is -0.493 e. The van der Waals surface area contributed by atoms with Crippen LogP contribution in [0.4, 0.5) is 0 Å². The monoisotopic (exact) mass is 429 g/mol. The Kier molecular flexibility index (Phi) is 6.03. The molecular formula is C26H23NO5. The molecule has 6 nitrogen and oxygen atoms in total. The lowest BCUT2D eigenvalue weighted by atomic mass is 10.1. The van der Waals surface area contributed by atoms with Gasteiger partial charge in [0.1, 0.15) is 18.9 Å². The van der Waals surface area contributed by atoms with Gasteiger partial charge in [-0.15, -0.1) is 0 Å². The lowest BCUT2D eigenvalue weighted by Crippen LogP contribution is -2.18. The van der Waals surface area contributed by atoms with Crippen molar-refractivity contribution in [2.24, 2.45) is 0 Å². The summed E-state index contributed by atoms with van der Waals surface area (Å²) in [5, 5.41) is 1.10. The number of aromatic nitrogens is 1. The summed E-state index contributed by atoms with van der Waals surface area (Å²) in [4.78, 5) is 37.4. The second-order valence-electron chi connectivity index (χ2n) is 7.42. The Balaban J connectivity index is 1.64. The second kappa shape index (κ2) is 9.06. The number of carbonyl (C=O) groups excluding carboxylic acids is 2. The molecule has 162 valence electrons. The lowest BCUT2D eigenvalue weighted by molar-refractivity contribution is -0.145. The van der Waals surface area contributed by atoms with Gasteiger partial charge < -0.3 is 14.0 Å². The maximum Gasteiger partial charge on any atom is 0.326 e. The van der Waals surface area contributed by atoms with Crippen LogP contribution in [-0.4, -0.2) is 22.9 Å². The summed E-state index contributed by atoms with van der Waals surface area (Å²) in [5.41, 5.74) is 2.42. The highest BCUT2D eigenvalue weighted by Crippen LogP contribution is 2.23. The molecule has 0 N–H and O–H groups in total. The third-order valence-electron chi connectivity index (χ3n) is 5.32. The van der Waals surface area contributed by atoms with E-state index in [4.69, 9.17) is 9.47 Å². The summed E-state index contributed by atoms with van der Waals surface area (Å²) >= 11 is 0. The summed E-state index contributed by atoms with van der Waals surface area (Å²) in [6, 6.07) is 19.5. The molecule has 1 aromatic heterocycles. The average molecular weight is 429 g/mol. The molecule has 0 amide bonds. The number of ketones is 1. The van der Waals surface area contributed by atoms with Gasteiger partial charge in [0.2, 0.25) is 0 Å². The third kappa shape index (κ3) is 4.12. The number of esters is 1. The second-order valence-corrected chi connectivity index (χ2v) is 7.42. The van der Waals surface area contributed by atoms with Crippen LogP contribution >= 0.6 is 0 Å². The van der Waals surface area contributed by atoms with Crippen molar-refractivity contribution in [3.8, 4) is 5.75 Å². The van der Waals surface area contributed by atoms with Crippen molar-refractivity contribution < 1.29 is 19.1 Å². The number of rotatable bonds is 7. The molecule has 0 aliphatic carbocycles. The number of fused-ring (bicyclic) bond motifs is 2. The lowest BCUT2D eigenvalue weighted by Gasteiger charge is -2.15. The molecule has 0 atom stereocenters. The van der Waals surface area contributed by atoms with Crippen LogP contribution < -0.4 is 10.2 Å². The molecule has 6 heteroatoms. The minimum absolute atomic E-state index is 0.0225. The molecule has 0 unspecified atom stereocenters. The first-order valence-electron chi connectivity index (χ1n) is 10.4. The van der Waals surface area contributed by atoms with Crippen molar-refractivity contribution in [3.05, 3.63) is 88.1 Å². The van der Waals surface area contributed by atoms with Crippen LogP contribution in [0.5, 0.6) is 5.75 Å². The van der Waals surface area contributed by atoms with Crippen molar-refractivity contribution in [1.29, 1.82) is 0 Å². The van der Waals surface area contributed by atoms with Gasteiger partial charge in [0.25, 0.3) is 0 Å². The standard InChI is InChI=1S/C26H23NO5/c1-3-31-24-13-12-18(17(2)28)14-19(24)16-32-25(29)15-27-22-10-6-4-8-20(22)26(30)21-9-5-7-11-23(21)27/h4-14H,3,15-16H2,1-2H3. The van der Waals surface area contributed by atoms with Crippen molar-refractivity contribution in [3.63, 3.8) is 0 Å². The first-order valence-corrected chi connectivity index (χ1v) is 10.4. The van der Waals surface area contributed by atoms with E-state index in [1.54, 1.807) is 47.0 Å². The quantitative estimate of drug-likeness (QED) is 0.246. The molecule has 0 saturated heterocycles. The molecule has 0 radical (unpaired) electrons. The summed E-state index contributed by atoms with van der Waals surface area (Å²) in [6.07, 6.45) is 0. The number of para-hydroxylation sites is 2. The fraction of sp³-hybridized carbons (Fsp3) is 0.192. The molecule has 0 fully saturated rings. The maximum absolute atomic E-state index is 12.9. The fourth-order valence-corrected chi connectivity index (χ4v) is 3.79. The van der Waals surface area contributed by atoms with Gasteiger partial charge in [0, 0.05) is 21.9 Å². The van der Waals surface area contributed by atoms with E-state index in [0.29, 0.717) is 45.3 Å². The van der Waals surface area contributed by atoms with Gasteiger partial charge in [-0.05, 0) is 56.3 Å². The van der Waals surface area contributed by atoms with Crippen molar-refractivity contribution in [2.75, 3.05) is 6.61 Å². The van der Waals surface area contributed by atoms with E-state index in [-0.39, 0.29) is 24.4 Å². The smallest absolute Gasteiger partial charge is 0.326 e. The topological polar surface area (TPSA) is 74.6 Å². The van der Waals surface area contributed by atoms with Gasteiger partial charge in [0.15, 0.2) is 11.2 Å². The highest BCUT2D eigenvalue weighted by molar-refractivity contribution is 5.95. The SMILES string of the molecule is CCOc1ccc(C(C)=O)cc1COC(=O)Cn1c2ccccc2c(=O)c2ccccc21. The third-order valence-corrected chi connectivity index (χ3v) is 5.32. The summed E-state index contributed by atoms with van der Waals surface area (Å²) < 4.78 is 13.0. The molecular weight excluding hydrogens is 406 g/mol. The maximum atomic E-state index is 12.9. The predicted octanol–water partition coefficient (Wildman–Crippen LogP) is 4.50. The molecule has 0 bridgehead atoms. The van der Waals surface area contributed by atoms with Crippen LogP contribution in [0, 0.1) is 0 Å². The largest absolute Gasteiger partial charge is 0.493 e. The van der Waals surface area contributed by atoms with Gasteiger partial charge in [-0.2, -0.15) is 0 Å². The number of pyridine rings is 1. The van der Waals surface area contributed by atoms with E-state index in [2.05, 4.69) is 0 Å².